The molecule has 3 heteroatoms. The Kier molecular flexibility index (Phi) is 7.71. The van der Waals surface area contributed by atoms with Crippen LogP contribution in [0.4, 0.5) is 0 Å². The summed E-state index contributed by atoms with van der Waals surface area (Å²) < 4.78 is 5.23. The molecule has 0 atom stereocenters. The van der Waals surface area contributed by atoms with E-state index >= 15 is 0 Å². The maximum Gasteiger partial charge on any atom is 0.330 e. The van der Waals surface area contributed by atoms with E-state index in [4.69, 9.17) is 4.74 Å². The molecule has 0 spiro atoms. The number of thioether (sulfide) groups is 1. The molecule has 0 saturated heterocycles. The first kappa shape index (κ1) is 20.9. The fraction of sp³-hybridized carbons (Fsp3) is 0.192. The van der Waals surface area contributed by atoms with Gasteiger partial charge in [0.15, 0.2) is 0 Å². The number of ether oxygens (including phenoxy) is 1. The largest absolute Gasteiger partial charge is 0.463 e. The van der Waals surface area contributed by atoms with Gasteiger partial charge in [-0.3, -0.25) is 0 Å². The van der Waals surface area contributed by atoms with Crippen LogP contribution >= 0.6 is 11.8 Å². The van der Waals surface area contributed by atoms with Crippen LogP contribution in [0.5, 0.6) is 0 Å². The highest BCUT2D eigenvalue weighted by atomic mass is 32.2. The molecule has 0 N–H and O–H groups in total. The zero-order valence-electron chi connectivity index (χ0n) is 16.9. The number of esters is 1. The zero-order chi connectivity index (χ0) is 20.5. The van der Waals surface area contributed by atoms with E-state index < -0.39 is 0 Å². The minimum atomic E-state index is -0.301. The molecule has 0 aromatic heterocycles. The number of carbonyl (C=O) groups is 1. The quantitative estimate of drug-likeness (QED) is 0.135. The third-order valence-corrected chi connectivity index (χ3v) is 5.48. The summed E-state index contributed by atoms with van der Waals surface area (Å²) in [4.78, 5) is 13.2. The molecule has 0 aliphatic rings. The van der Waals surface area contributed by atoms with Gasteiger partial charge in [0.25, 0.3) is 0 Å². The second-order valence-electron chi connectivity index (χ2n) is 6.69. The monoisotopic (exact) mass is 402 g/mol. The Bertz CT molecular complexity index is 1020. The third kappa shape index (κ3) is 5.39. The van der Waals surface area contributed by atoms with Crippen molar-refractivity contribution in [1.82, 2.24) is 0 Å². The molecular formula is C26H26O2S. The number of rotatable bonds is 8. The summed E-state index contributed by atoms with van der Waals surface area (Å²) in [7, 11) is 0. The van der Waals surface area contributed by atoms with Crippen molar-refractivity contribution in [2.75, 3.05) is 12.9 Å². The summed E-state index contributed by atoms with van der Waals surface area (Å²) in [6.45, 7) is 2.54. The molecule has 0 bridgehead atoms. The van der Waals surface area contributed by atoms with Crippen molar-refractivity contribution in [3.8, 4) is 0 Å². The van der Waals surface area contributed by atoms with Gasteiger partial charge >= 0.3 is 5.97 Å². The third-order valence-electron chi connectivity index (χ3n) is 4.70. The van der Waals surface area contributed by atoms with E-state index in [1.807, 2.05) is 24.3 Å². The minimum absolute atomic E-state index is 0.301. The normalized spacial score (nSPS) is 11.9. The SMILES string of the molecule is CCCCOC(=O)/C=C/C=C(/c1ccccc1)c1c(SC)ccc2ccccc12. The molecule has 3 rings (SSSR count). The molecular weight excluding hydrogens is 376 g/mol. The van der Waals surface area contributed by atoms with Gasteiger partial charge in [-0.1, -0.05) is 86.2 Å². The fourth-order valence-electron chi connectivity index (χ4n) is 3.23. The summed E-state index contributed by atoms with van der Waals surface area (Å²) in [5.74, 6) is -0.301. The number of unbranched alkanes of at least 4 members (excludes halogenated alkanes) is 1. The van der Waals surface area contributed by atoms with E-state index in [-0.39, 0.29) is 5.97 Å². The number of fused-ring (bicyclic) bond motifs is 1. The lowest BCUT2D eigenvalue weighted by molar-refractivity contribution is -0.137. The van der Waals surface area contributed by atoms with Crippen LogP contribution in [0.2, 0.25) is 0 Å². The van der Waals surface area contributed by atoms with E-state index in [0.717, 1.165) is 24.0 Å². The Morgan fingerprint density at radius 3 is 2.52 bits per heavy atom. The molecule has 0 unspecified atom stereocenters. The van der Waals surface area contributed by atoms with Gasteiger partial charge in [-0.05, 0) is 40.7 Å². The fourth-order valence-corrected chi connectivity index (χ4v) is 3.86. The van der Waals surface area contributed by atoms with Gasteiger partial charge in [0.1, 0.15) is 0 Å². The van der Waals surface area contributed by atoms with Crippen LogP contribution in [0.1, 0.15) is 30.9 Å². The van der Waals surface area contributed by atoms with Crippen LogP contribution in [0.3, 0.4) is 0 Å². The Labute approximate surface area is 177 Å². The van der Waals surface area contributed by atoms with Crippen molar-refractivity contribution in [2.24, 2.45) is 0 Å². The average molecular weight is 403 g/mol. The van der Waals surface area contributed by atoms with Gasteiger partial charge in [0.2, 0.25) is 0 Å². The number of allylic oxidation sites excluding steroid dienone is 2. The molecule has 148 valence electrons. The Hall–Kier alpha value is -2.78. The molecule has 3 aromatic carbocycles. The van der Waals surface area contributed by atoms with E-state index in [9.17, 15) is 4.79 Å². The summed E-state index contributed by atoms with van der Waals surface area (Å²) in [6.07, 6.45) is 9.30. The Morgan fingerprint density at radius 2 is 1.76 bits per heavy atom. The zero-order valence-corrected chi connectivity index (χ0v) is 17.7. The summed E-state index contributed by atoms with van der Waals surface area (Å²) in [6, 6.07) is 23.0. The van der Waals surface area contributed by atoms with Crippen molar-refractivity contribution >= 4 is 34.1 Å². The first-order chi connectivity index (χ1) is 14.2. The van der Waals surface area contributed by atoms with Gasteiger partial charge in [0, 0.05) is 16.5 Å². The average Bonchev–Trinajstić information content (AvgIpc) is 2.77. The Balaban J connectivity index is 2.06. The van der Waals surface area contributed by atoms with Crippen molar-refractivity contribution in [2.45, 2.75) is 24.7 Å². The van der Waals surface area contributed by atoms with Crippen LogP contribution in [0.15, 0.2) is 89.9 Å². The summed E-state index contributed by atoms with van der Waals surface area (Å²) in [5.41, 5.74) is 3.39. The molecule has 0 aliphatic carbocycles. The Morgan fingerprint density at radius 1 is 1.00 bits per heavy atom. The lowest BCUT2D eigenvalue weighted by Crippen LogP contribution is -2.01. The summed E-state index contributed by atoms with van der Waals surface area (Å²) >= 11 is 1.73. The lowest BCUT2D eigenvalue weighted by atomic mass is 9.92. The van der Waals surface area contributed by atoms with Gasteiger partial charge in [-0.2, -0.15) is 0 Å². The maximum absolute atomic E-state index is 12.0. The number of hydrogen-bond acceptors (Lipinski definition) is 3. The first-order valence-corrected chi connectivity index (χ1v) is 11.1. The van der Waals surface area contributed by atoms with Gasteiger partial charge in [-0.25, -0.2) is 4.79 Å². The highest BCUT2D eigenvalue weighted by molar-refractivity contribution is 7.98. The van der Waals surface area contributed by atoms with E-state index in [2.05, 4.69) is 61.7 Å². The van der Waals surface area contributed by atoms with Crippen LogP contribution in [0, 0.1) is 0 Å². The molecule has 0 heterocycles. The molecule has 0 fully saturated rings. The minimum Gasteiger partial charge on any atom is -0.463 e. The second kappa shape index (κ2) is 10.7. The number of hydrogen-bond donors (Lipinski definition) is 0. The maximum atomic E-state index is 12.0. The number of benzene rings is 3. The van der Waals surface area contributed by atoms with Crippen molar-refractivity contribution in [1.29, 1.82) is 0 Å². The van der Waals surface area contributed by atoms with Crippen molar-refractivity contribution in [3.63, 3.8) is 0 Å². The van der Waals surface area contributed by atoms with E-state index in [0.29, 0.717) is 6.61 Å². The topological polar surface area (TPSA) is 26.3 Å². The predicted molar refractivity (Wildman–Crippen MR) is 124 cm³/mol. The van der Waals surface area contributed by atoms with Crippen molar-refractivity contribution < 1.29 is 9.53 Å². The standard InChI is InChI=1S/C26H26O2S/c1-3-4-19-28-25(27)16-10-15-23(20-11-6-5-7-12-20)26-22-14-9-8-13-21(22)17-18-24(26)29-2/h5-18H,3-4,19H2,1-2H3/b16-10+,23-15-. The van der Waals surface area contributed by atoms with E-state index in [1.54, 1.807) is 17.8 Å². The molecule has 0 radical (unpaired) electrons. The summed E-state index contributed by atoms with van der Waals surface area (Å²) in [5, 5.41) is 2.40. The van der Waals surface area contributed by atoms with Crippen LogP contribution in [0.25, 0.3) is 16.3 Å². The molecule has 2 nitrogen and oxygen atoms in total. The molecule has 0 amide bonds. The van der Waals surface area contributed by atoms with Crippen LogP contribution < -0.4 is 0 Å². The smallest absolute Gasteiger partial charge is 0.330 e. The molecule has 29 heavy (non-hydrogen) atoms. The highest BCUT2D eigenvalue weighted by Gasteiger charge is 2.13. The lowest BCUT2D eigenvalue weighted by Gasteiger charge is -2.15. The molecule has 0 aliphatic heterocycles. The van der Waals surface area contributed by atoms with Gasteiger partial charge in [-0.15, -0.1) is 11.8 Å². The molecule has 3 aromatic rings. The predicted octanol–water partition coefficient (Wildman–Crippen LogP) is 6.89. The molecule has 0 saturated carbocycles. The highest BCUT2D eigenvalue weighted by Crippen LogP contribution is 2.37. The van der Waals surface area contributed by atoms with Crippen LogP contribution in [-0.2, 0) is 9.53 Å². The number of carbonyl (C=O) groups excluding carboxylic acids is 1. The second-order valence-corrected chi connectivity index (χ2v) is 7.54. The van der Waals surface area contributed by atoms with Gasteiger partial charge < -0.3 is 4.74 Å². The van der Waals surface area contributed by atoms with Gasteiger partial charge in [0.05, 0.1) is 6.61 Å². The van der Waals surface area contributed by atoms with Crippen molar-refractivity contribution in [3.05, 3.63) is 96.1 Å². The van der Waals surface area contributed by atoms with E-state index in [1.165, 1.54) is 27.3 Å². The van der Waals surface area contributed by atoms with Crippen LogP contribution in [-0.4, -0.2) is 18.8 Å². The first-order valence-electron chi connectivity index (χ1n) is 9.91.